The summed E-state index contributed by atoms with van der Waals surface area (Å²) in [5, 5.41) is 3.78. The van der Waals surface area contributed by atoms with E-state index < -0.39 is 0 Å². The van der Waals surface area contributed by atoms with Crippen LogP contribution in [0.1, 0.15) is 59.3 Å². The summed E-state index contributed by atoms with van der Waals surface area (Å²) < 4.78 is 0. The third-order valence-corrected chi connectivity index (χ3v) is 6.90. The quantitative estimate of drug-likeness (QED) is 0.791. The summed E-state index contributed by atoms with van der Waals surface area (Å²) in [7, 11) is 0. The van der Waals surface area contributed by atoms with Crippen LogP contribution in [0, 0.1) is 23.2 Å². The first-order valence-electron chi connectivity index (χ1n) is 8.93. The van der Waals surface area contributed by atoms with Gasteiger partial charge in [-0.25, -0.2) is 0 Å². The Kier molecular flexibility index (Phi) is 3.03. The first-order chi connectivity index (χ1) is 9.45. The van der Waals surface area contributed by atoms with E-state index in [1.807, 2.05) is 0 Å². The molecular formula is C18H32N2. The normalized spacial score (nSPS) is 48.8. The molecule has 0 radical (unpaired) electrons. The van der Waals surface area contributed by atoms with Gasteiger partial charge in [0.15, 0.2) is 0 Å². The van der Waals surface area contributed by atoms with Crippen LogP contribution in [0.2, 0.25) is 0 Å². The SMILES string of the molecule is CC(C)(C)C1CN(C23CC4CC(CC(C4)C2)C3)CCN1. The standard InChI is InChI=1S/C18H32N2/c1-17(2,3)16-12-20(5-4-19-16)18-9-13-6-14(10-18)8-15(7-13)11-18/h13-16,19H,4-12H2,1-3H3. The van der Waals surface area contributed by atoms with Crippen LogP contribution in [0.4, 0.5) is 0 Å². The van der Waals surface area contributed by atoms with Crippen LogP contribution < -0.4 is 5.32 Å². The van der Waals surface area contributed by atoms with Crippen molar-refractivity contribution in [2.24, 2.45) is 23.2 Å². The Balaban J connectivity index is 1.55. The molecule has 2 nitrogen and oxygen atoms in total. The molecule has 5 aliphatic rings. The van der Waals surface area contributed by atoms with E-state index in [1.54, 1.807) is 19.3 Å². The summed E-state index contributed by atoms with van der Waals surface area (Å²) in [6, 6.07) is 0.671. The third-order valence-electron chi connectivity index (χ3n) is 6.90. The topological polar surface area (TPSA) is 15.3 Å². The highest BCUT2D eigenvalue weighted by atomic mass is 15.3. The molecule has 1 N–H and O–H groups in total. The summed E-state index contributed by atoms with van der Waals surface area (Å²) in [6.45, 7) is 11.0. The van der Waals surface area contributed by atoms with Gasteiger partial charge in [0.25, 0.3) is 0 Å². The van der Waals surface area contributed by atoms with Gasteiger partial charge in [0.05, 0.1) is 0 Å². The van der Waals surface area contributed by atoms with Crippen molar-refractivity contribution < 1.29 is 0 Å². The number of hydrogen-bond donors (Lipinski definition) is 1. The van der Waals surface area contributed by atoms with Crippen molar-refractivity contribution in [3.63, 3.8) is 0 Å². The van der Waals surface area contributed by atoms with E-state index >= 15 is 0 Å². The van der Waals surface area contributed by atoms with E-state index in [0.717, 1.165) is 17.8 Å². The minimum atomic E-state index is 0.390. The van der Waals surface area contributed by atoms with Crippen LogP contribution in [0.25, 0.3) is 0 Å². The van der Waals surface area contributed by atoms with Crippen molar-refractivity contribution in [3.05, 3.63) is 0 Å². The predicted molar refractivity (Wildman–Crippen MR) is 83.7 cm³/mol. The van der Waals surface area contributed by atoms with Gasteiger partial charge >= 0.3 is 0 Å². The van der Waals surface area contributed by atoms with Gasteiger partial charge in [-0.1, -0.05) is 20.8 Å². The fraction of sp³-hybridized carbons (Fsp3) is 1.00. The highest BCUT2D eigenvalue weighted by molar-refractivity contribution is 5.09. The molecule has 4 aliphatic carbocycles. The van der Waals surface area contributed by atoms with Crippen LogP contribution in [0.5, 0.6) is 0 Å². The molecule has 0 aromatic heterocycles. The third kappa shape index (κ3) is 2.14. The van der Waals surface area contributed by atoms with Crippen molar-refractivity contribution in [2.75, 3.05) is 19.6 Å². The maximum atomic E-state index is 3.78. The molecule has 1 heterocycles. The molecule has 5 fully saturated rings. The van der Waals surface area contributed by atoms with Gasteiger partial charge in [-0.2, -0.15) is 0 Å². The summed E-state index contributed by atoms with van der Waals surface area (Å²) in [4.78, 5) is 2.93. The number of piperazine rings is 1. The predicted octanol–water partition coefficient (Wildman–Crippen LogP) is 3.28. The van der Waals surface area contributed by atoms with Crippen molar-refractivity contribution in [1.29, 1.82) is 0 Å². The number of hydrogen-bond acceptors (Lipinski definition) is 2. The molecule has 4 saturated carbocycles. The lowest BCUT2D eigenvalue weighted by Crippen LogP contribution is -2.66. The van der Waals surface area contributed by atoms with Crippen molar-refractivity contribution in [2.45, 2.75) is 70.9 Å². The average molecular weight is 276 g/mol. The van der Waals surface area contributed by atoms with Crippen LogP contribution in [-0.2, 0) is 0 Å². The molecule has 1 unspecified atom stereocenters. The fourth-order valence-corrected chi connectivity index (χ4v) is 6.21. The van der Waals surface area contributed by atoms with Crippen molar-refractivity contribution >= 4 is 0 Å². The molecule has 0 aromatic carbocycles. The van der Waals surface area contributed by atoms with E-state index in [-0.39, 0.29) is 0 Å². The largest absolute Gasteiger partial charge is 0.311 e. The molecule has 0 spiro atoms. The Morgan fingerprint density at radius 2 is 1.50 bits per heavy atom. The lowest BCUT2D eigenvalue weighted by molar-refractivity contribution is -0.101. The van der Waals surface area contributed by atoms with Gasteiger partial charge in [0.2, 0.25) is 0 Å². The molecule has 20 heavy (non-hydrogen) atoms. The molecule has 1 saturated heterocycles. The van der Waals surface area contributed by atoms with Gasteiger partial charge in [-0.05, 0) is 61.7 Å². The summed E-state index contributed by atoms with van der Waals surface area (Å²) in [5.74, 6) is 3.22. The fourth-order valence-electron chi connectivity index (χ4n) is 6.21. The Labute approximate surface area is 124 Å². The molecular weight excluding hydrogens is 244 g/mol. The molecule has 0 amide bonds. The van der Waals surface area contributed by atoms with E-state index in [0.29, 0.717) is 17.0 Å². The van der Waals surface area contributed by atoms with Crippen LogP contribution >= 0.6 is 0 Å². The van der Waals surface area contributed by atoms with E-state index in [1.165, 1.54) is 38.9 Å². The maximum Gasteiger partial charge on any atom is 0.0244 e. The Hall–Kier alpha value is -0.0800. The van der Waals surface area contributed by atoms with Gasteiger partial charge in [0, 0.05) is 31.2 Å². The van der Waals surface area contributed by atoms with E-state index in [4.69, 9.17) is 0 Å². The first-order valence-corrected chi connectivity index (χ1v) is 8.93. The average Bonchev–Trinajstić information content (AvgIpc) is 2.36. The molecule has 2 heteroatoms. The zero-order chi connectivity index (χ0) is 14.0. The van der Waals surface area contributed by atoms with Crippen LogP contribution in [0.15, 0.2) is 0 Å². The Bertz CT molecular complexity index is 346. The minimum Gasteiger partial charge on any atom is -0.311 e. The van der Waals surface area contributed by atoms with Crippen molar-refractivity contribution in [3.8, 4) is 0 Å². The second-order valence-corrected chi connectivity index (χ2v) is 9.46. The maximum absolute atomic E-state index is 3.78. The Morgan fingerprint density at radius 1 is 0.950 bits per heavy atom. The zero-order valence-electron chi connectivity index (χ0n) is 13.6. The summed E-state index contributed by atoms with van der Waals surface area (Å²) >= 11 is 0. The summed E-state index contributed by atoms with van der Waals surface area (Å²) in [6.07, 6.45) is 9.26. The van der Waals surface area contributed by atoms with Crippen LogP contribution in [-0.4, -0.2) is 36.1 Å². The van der Waals surface area contributed by atoms with E-state index in [2.05, 4.69) is 31.0 Å². The molecule has 0 aromatic rings. The highest BCUT2D eigenvalue weighted by Gasteiger charge is 2.54. The zero-order valence-corrected chi connectivity index (χ0v) is 13.6. The molecule has 1 aliphatic heterocycles. The second kappa shape index (κ2) is 4.46. The number of nitrogens with zero attached hydrogens (tertiary/aromatic N) is 1. The lowest BCUT2D eigenvalue weighted by atomic mass is 9.52. The van der Waals surface area contributed by atoms with Gasteiger partial charge in [0.1, 0.15) is 0 Å². The molecule has 1 atom stereocenters. The molecule has 114 valence electrons. The van der Waals surface area contributed by atoms with E-state index in [9.17, 15) is 0 Å². The lowest BCUT2D eigenvalue weighted by Gasteiger charge is -2.62. The highest BCUT2D eigenvalue weighted by Crippen LogP contribution is 2.58. The Morgan fingerprint density at radius 3 is 2.00 bits per heavy atom. The molecule has 4 bridgehead atoms. The number of nitrogens with one attached hydrogen (secondary N) is 1. The smallest absolute Gasteiger partial charge is 0.0244 e. The van der Waals surface area contributed by atoms with Gasteiger partial charge < -0.3 is 5.32 Å². The van der Waals surface area contributed by atoms with Crippen molar-refractivity contribution in [1.82, 2.24) is 10.2 Å². The minimum absolute atomic E-state index is 0.390. The molecule has 5 rings (SSSR count). The van der Waals surface area contributed by atoms with Crippen LogP contribution in [0.3, 0.4) is 0 Å². The summed E-state index contributed by atoms with van der Waals surface area (Å²) in [5.41, 5.74) is 1.00. The first kappa shape index (κ1) is 13.6. The monoisotopic (exact) mass is 276 g/mol. The second-order valence-electron chi connectivity index (χ2n) is 9.46. The van der Waals surface area contributed by atoms with Gasteiger partial charge in [-0.3, -0.25) is 4.90 Å². The van der Waals surface area contributed by atoms with Gasteiger partial charge in [-0.15, -0.1) is 0 Å². The number of rotatable bonds is 1.